The van der Waals surface area contributed by atoms with Gasteiger partial charge in [0.15, 0.2) is 5.78 Å². The Morgan fingerprint density at radius 3 is 2.15 bits per heavy atom. The van der Waals surface area contributed by atoms with E-state index < -0.39 is 0 Å². The van der Waals surface area contributed by atoms with Crippen LogP contribution in [0.15, 0.2) is 67.0 Å². The number of pyridine rings is 1. The lowest BCUT2D eigenvalue weighted by atomic mass is 9.96. The molecule has 0 bridgehead atoms. The van der Waals surface area contributed by atoms with E-state index in [1.165, 1.54) is 6.07 Å². The van der Waals surface area contributed by atoms with Crippen LogP contribution in [-0.2, 0) is 0 Å². The average Bonchev–Trinajstić information content (AvgIpc) is 3.25. The van der Waals surface area contributed by atoms with E-state index in [9.17, 15) is 19.5 Å². The molecule has 4 rings (SSSR count). The molecular weight excluding hydrogens is 420 g/mol. The molecule has 2 amide bonds. The van der Waals surface area contributed by atoms with Crippen molar-refractivity contribution in [2.75, 3.05) is 13.1 Å². The molecule has 1 aromatic heterocycles. The third-order valence-electron chi connectivity index (χ3n) is 5.67. The van der Waals surface area contributed by atoms with E-state index in [0.717, 1.165) is 0 Å². The number of aromatic nitrogens is 1. The van der Waals surface area contributed by atoms with Crippen molar-refractivity contribution in [1.82, 2.24) is 20.9 Å². The van der Waals surface area contributed by atoms with Crippen molar-refractivity contribution in [2.45, 2.75) is 19.0 Å². The molecule has 1 aliphatic rings. The zero-order valence-corrected chi connectivity index (χ0v) is 18.0. The van der Waals surface area contributed by atoms with Crippen molar-refractivity contribution < 1.29 is 19.5 Å². The Bertz CT molecular complexity index is 1200. The van der Waals surface area contributed by atoms with E-state index in [1.807, 2.05) is 0 Å². The number of nitrogens with one attached hydrogen (secondary N) is 3. The highest BCUT2D eigenvalue weighted by Crippen LogP contribution is 2.22. The van der Waals surface area contributed by atoms with Crippen molar-refractivity contribution in [3.8, 4) is 5.75 Å². The van der Waals surface area contributed by atoms with Gasteiger partial charge in [0.2, 0.25) is 0 Å². The molecule has 0 spiro atoms. The molecule has 4 N–H and O–H groups in total. The number of aromatic hydroxyl groups is 1. The van der Waals surface area contributed by atoms with Crippen LogP contribution in [0.25, 0.3) is 0 Å². The number of hydrogen-bond donors (Lipinski definition) is 4. The SMILES string of the molecule is Cc1cc(C(=O)NC2CNC[C@H]2NC(=O)c2ccncc2)ccc1C(=O)c1ccccc1O. The summed E-state index contributed by atoms with van der Waals surface area (Å²) in [5.74, 6) is -0.918. The van der Waals surface area contributed by atoms with Crippen LogP contribution in [0.5, 0.6) is 5.75 Å². The summed E-state index contributed by atoms with van der Waals surface area (Å²) < 4.78 is 0. The number of benzene rings is 2. The third-order valence-corrected chi connectivity index (χ3v) is 5.67. The molecule has 2 atom stereocenters. The minimum Gasteiger partial charge on any atom is -0.507 e. The van der Waals surface area contributed by atoms with Gasteiger partial charge in [-0.15, -0.1) is 0 Å². The van der Waals surface area contributed by atoms with Gasteiger partial charge in [-0.2, -0.15) is 0 Å². The second-order valence-electron chi connectivity index (χ2n) is 7.93. The van der Waals surface area contributed by atoms with Crippen LogP contribution in [0, 0.1) is 6.92 Å². The highest BCUT2D eigenvalue weighted by molar-refractivity contribution is 6.12. The minimum absolute atomic E-state index is 0.0858. The van der Waals surface area contributed by atoms with Gasteiger partial charge in [0.1, 0.15) is 5.75 Å². The van der Waals surface area contributed by atoms with Gasteiger partial charge in [0, 0.05) is 42.2 Å². The van der Waals surface area contributed by atoms with Gasteiger partial charge in [-0.1, -0.05) is 12.1 Å². The van der Waals surface area contributed by atoms with Crippen LogP contribution < -0.4 is 16.0 Å². The Morgan fingerprint density at radius 1 is 0.879 bits per heavy atom. The van der Waals surface area contributed by atoms with Gasteiger partial charge in [-0.25, -0.2) is 0 Å². The molecule has 2 aromatic carbocycles. The van der Waals surface area contributed by atoms with Crippen LogP contribution in [0.1, 0.15) is 42.2 Å². The van der Waals surface area contributed by atoms with E-state index in [2.05, 4.69) is 20.9 Å². The molecule has 0 radical (unpaired) electrons. The van der Waals surface area contributed by atoms with Crippen LogP contribution >= 0.6 is 0 Å². The summed E-state index contributed by atoms with van der Waals surface area (Å²) in [6.07, 6.45) is 3.11. The Kier molecular flexibility index (Phi) is 6.46. The summed E-state index contributed by atoms with van der Waals surface area (Å²) in [5.41, 5.74) is 2.17. The summed E-state index contributed by atoms with van der Waals surface area (Å²) in [7, 11) is 0. The van der Waals surface area contributed by atoms with Crippen molar-refractivity contribution in [3.05, 3.63) is 94.8 Å². The van der Waals surface area contributed by atoms with Crippen molar-refractivity contribution in [1.29, 1.82) is 0 Å². The maximum Gasteiger partial charge on any atom is 0.251 e. The Morgan fingerprint density at radius 2 is 1.52 bits per heavy atom. The highest BCUT2D eigenvalue weighted by Gasteiger charge is 2.30. The van der Waals surface area contributed by atoms with E-state index >= 15 is 0 Å². The van der Waals surface area contributed by atoms with Crippen LogP contribution in [0.3, 0.4) is 0 Å². The number of phenols is 1. The molecule has 168 valence electrons. The van der Waals surface area contributed by atoms with Crippen LogP contribution in [-0.4, -0.2) is 52.9 Å². The van der Waals surface area contributed by atoms with E-state index in [4.69, 9.17) is 0 Å². The third kappa shape index (κ3) is 4.91. The fourth-order valence-corrected chi connectivity index (χ4v) is 3.86. The quantitative estimate of drug-likeness (QED) is 0.431. The van der Waals surface area contributed by atoms with Crippen LogP contribution in [0.2, 0.25) is 0 Å². The molecule has 1 saturated heterocycles. The zero-order chi connectivity index (χ0) is 23.4. The first-order valence-corrected chi connectivity index (χ1v) is 10.6. The normalized spacial score (nSPS) is 17.4. The average molecular weight is 444 g/mol. The Labute approximate surface area is 191 Å². The van der Waals surface area contributed by atoms with Crippen molar-refractivity contribution in [3.63, 3.8) is 0 Å². The summed E-state index contributed by atoms with van der Waals surface area (Å²) >= 11 is 0. The van der Waals surface area contributed by atoms with Gasteiger partial charge < -0.3 is 21.1 Å². The van der Waals surface area contributed by atoms with E-state index in [-0.39, 0.29) is 41.0 Å². The number of rotatable bonds is 6. The lowest BCUT2D eigenvalue weighted by Crippen LogP contribution is -2.51. The molecule has 33 heavy (non-hydrogen) atoms. The van der Waals surface area contributed by atoms with E-state index in [0.29, 0.717) is 35.3 Å². The first-order valence-electron chi connectivity index (χ1n) is 10.6. The number of para-hydroxylation sites is 1. The Balaban J connectivity index is 1.44. The van der Waals surface area contributed by atoms with E-state index in [1.54, 1.807) is 67.8 Å². The second kappa shape index (κ2) is 9.62. The van der Waals surface area contributed by atoms with Gasteiger partial charge in [0.25, 0.3) is 11.8 Å². The molecule has 8 heteroatoms. The second-order valence-corrected chi connectivity index (χ2v) is 7.93. The van der Waals surface area contributed by atoms with Crippen molar-refractivity contribution in [2.24, 2.45) is 0 Å². The predicted molar refractivity (Wildman–Crippen MR) is 122 cm³/mol. The fraction of sp³-hybridized carbons (Fsp3) is 0.200. The largest absolute Gasteiger partial charge is 0.507 e. The Hall–Kier alpha value is -4.04. The molecule has 1 unspecified atom stereocenters. The lowest BCUT2D eigenvalue weighted by molar-refractivity contribution is 0.0896. The standard InChI is InChI=1S/C25H24N4O4/c1-15-12-17(6-7-18(15)23(31)19-4-2-3-5-22(19)30)25(33)29-21-14-27-13-20(21)28-24(32)16-8-10-26-11-9-16/h2-12,20-21,27,30H,13-14H2,1H3,(H,28,32)(H,29,33)/t20-,21?/m1/s1. The number of nitrogens with zero attached hydrogens (tertiary/aromatic N) is 1. The molecule has 1 fully saturated rings. The summed E-state index contributed by atoms with van der Waals surface area (Å²) in [6, 6.07) is 13.9. The first-order chi connectivity index (χ1) is 15.9. The molecule has 3 aromatic rings. The van der Waals surface area contributed by atoms with Crippen molar-refractivity contribution >= 4 is 17.6 Å². The number of amides is 2. The molecular formula is C25H24N4O4. The summed E-state index contributed by atoms with van der Waals surface area (Å²) in [4.78, 5) is 42.0. The molecule has 1 aliphatic heterocycles. The van der Waals surface area contributed by atoms with Gasteiger partial charge in [0.05, 0.1) is 17.6 Å². The monoisotopic (exact) mass is 444 g/mol. The fourth-order valence-electron chi connectivity index (χ4n) is 3.86. The maximum atomic E-state index is 12.9. The number of carbonyl (C=O) groups excluding carboxylic acids is 3. The molecule has 0 saturated carbocycles. The summed E-state index contributed by atoms with van der Waals surface area (Å²) in [5, 5.41) is 19.1. The number of aryl methyl sites for hydroxylation is 1. The first kappa shape index (κ1) is 22.2. The maximum absolute atomic E-state index is 12.9. The topological polar surface area (TPSA) is 120 Å². The highest BCUT2D eigenvalue weighted by atomic mass is 16.3. The minimum atomic E-state index is -0.309. The van der Waals surface area contributed by atoms with Crippen LogP contribution in [0.4, 0.5) is 0 Å². The number of ketones is 1. The number of carbonyl (C=O) groups is 3. The smallest absolute Gasteiger partial charge is 0.251 e. The summed E-state index contributed by atoms with van der Waals surface area (Å²) in [6.45, 7) is 2.81. The zero-order valence-electron chi connectivity index (χ0n) is 18.0. The lowest BCUT2D eigenvalue weighted by Gasteiger charge is -2.21. The number of hydrogen-bond acceptors (Lipinski definition) is 6. The predicted octanol–water partition coefficient (Wildman–Crippen LogP) is 1.83. The van der Waals surface area contributed by atoms with Gasteiger partial charge in [-0.05, 0) is 55.0 Å². The van der Waals surface area contributed by atoms with Gasteiger partial charge >= 0.3 is 0 Å². The molecule has 2 heterocycles. The van der Waals surface area contributed by atoms with Gasteiger partial charge in [-0.3, -0.25) is 19.4 Å². The number of phenolic OH excluding ortho intramolecular Hbond substituents is 1. The molecule has 0 aliphatic carbocycles. The molecule has 8 nitrogen and oxygen atoms in total.